The first-order valence-electron chi connectivity index (χ1n) is 8.88. The van der Waals surface area contributed by atoms with Crippen LogP contribution < -0.4 is 16.0 Å². The molecule has 1 heterocycles. The largest absolute Gasteiger partial charge is 0.353 e. The molecule has 1 unspecified atom stereocenters. The minimum atomic E-state index is -0.256. The predicted octanol–water partition coefficient (Wildman–Crippen LogP) is 2.46. The molecule has 1 aromatic carbocycles. The maximum atomic E-state index is 12.5. The normalized spacial score (nSPS) is 26.3. The molecule has 6 heteroatoms. The topological polar surface area (TPSA) is 75.4 Å². The van der Waals surface area contributed by atoms with Crippen molar-refractivity contribution in [1.29, 1.82) is 0 Å². The smallest absolute Gasteiger partial charge is 0.227 e. The lowest BCUT2D eigenvalue weighted by Crippen LogP contribution is -2.43. The van der Waals surface area contributed by atoms with Crippen LogP contribution in [0.15, 0.2) is 18.2 Å². The zero-order chi connectivity index (χ0) is 17.3. The van der Waals surface area contributed by atoms with E-state index in [1.165, 1.54) is 0 Å². The van der Waals surface area contributed by atoms with E-state index in [9.17, 15) is 9.59 Å². The highest BCUT2D eigenvalue weighted by Gasteiger charge is 2.36. The quantitative estimate of drug-likeness (QED) is 0.863. The summed E-state index contributed by atoms with van der Waals surface area (Å²) in [6.45, 7) is 4.54. The summed E-state index contributed by atoms with van der Waals surface area (Å²) in [5.74, 6) is -0.209. The highest BCUT2D eigenvalue weighted by Crippen LogP contribution is 2.29. The summed E-state index contributed by atoms with van der Waals surface area (Å²) in [6.07, 6.45) is 4.10. The van der Waals surface area contributed by atoms with Crippen LogP contribution in [0.5, 0.6) is 0 Å². The molecule has 0 spiro atoms. The van der Waals surface area contributed by atoms with E-state index in [-0.39, 0.29) is 42.2 Å². The molecular weight excluding hydrogens is 338 g/mol. The molecule has 3 N–H and O–H groups in total. The molecular formula is C19H28ClN3O2. The number of nitrogens with zero attached hydrogens (tertiary/aromatic N) is 1. The van der Waals surface area contributed by atoms with Gasteiger partial charge >= 0.3 is 0 Å². The number of amides is 2. The number of nitrogens with one attached hydrogen (secondary N) is 1. The third-order valence-electron chi connectivity index (χ3n) is 5.48. The Morgan fingerprint density at radius 2 is 1.88 bits per heavy atom. The number of rotatable bonds is 3. The number of halogens is 1. The molecule has 1 aliphatic heterocycles. The fourth-order valence-corrected chi connectivity index (χ4v) is 3.73. The second-order valence-corrected chi connectivity index (χ2v) is 7.24. The van der Waals surface area contributed by atoms with Crippen LogP contribution in [0.4, 0.5) is 5.69 Å². The van der Waals surface area contributed by atoms with Gasteiger partial charge in [-0.2, -0.15) is 0 Å². The predicted molar refractivity (Wildman–Crippen MR) is 102 cm³/mol. The SMILES string of the molecule is Cc1cccc(N2CC(C(=O)NC3CCC(N)CC3)CC2=O)c1C.Cl. The molecule has 1 saturated heterocycles. The average Bonchev–Trinajstić information content (AvgIpc) is 2.94. The number of hydrogen-bond acceptors (Lipinski definition) is 3. The summed E-state index contributed by atoms with van der Waals surface area (Å²) in [6, 6.07) is 6.44. The minimum absolute atomic E-state index is 0. The Kier molecular flexibility index (Phi) is 6.47. The van der Waals surface area contributed by atoms with Crippen molar-refractivity contribution in [3.8, 4) is 0 Å². The van der Waals surface area contributed by atoms with Gasteiger partial charge in [-0.05, 0) is 56.7 Å². The molecule has 2 fully saturated rings. The number of aryl methyl sites for hydroxylation is 1. The van der Waals surface area contributed by atoms with E-state index in [1.54, 1.807) is 4.90 Å². The Balaban J connectivity index is 0.00000225. The number of anilines is 1. The van der Waals surface area contributed by atoms with Crippen molar-refractivity contribution in [2.24, 2.45) is 11.7 Å². The van der Waals surface area contributed by atoms with Gasteiger partial charge in [0.25, 0.3) is 0 Å². The van der Waals surface area contributed by atoms with Gasteiger partial charge in [-0.1, -0.05) is 12.1 Å². The Labute approximate surface area is 155 Å². The van der Waals surface area contributed by atoms with E-state index in [2.05, 4.69) is 5.32 Å². The van der Waals surface area contributed by atoms with Gasteiger partial charge < -0.3 is 16.0 Å². The molecule has 3 rings (SSSR count). The van der Waals surface area contributed by atoms with Gasteiger partial charge in [0.15, 0.2) is 0 Å². The molecule has 138 valence electrons. The summed E-state index contributed by atoms with van der Waals surface area (Å²) in [7, 11) is 0. The summed E-state index contributed by atoms with van der Waals surface area (Å²) >= 11 is 0. The standard InChI is InChI=1S/C19H27N3O2.ClH/c1-12-4-3-5-17(13(12)2)22-11-14(10-18(22)23)19(24)21-16-8-6-15(20)7-9-16;/h3-5,14-16H,6-11,20H2,1-2H3,(H,21,24);1H. The highest BCUT2D eigenvalue weighted by molar-refractivity contribution is 6.01. The van der Waals surface area contributed by atoms with Gasteiger partial charge in [0, 0.05) is 30.7 Å². The van der Waals surface area contributed by atoms with Crippen molar-refractivity contribution in [1.82, 2.24) is 5.32 Å². The number of carbonyl (C=O) groups excluding carboxylic acids is 2. The molecule has 1 aromatic rings. The first kappa shape index (κ1) is 19.7. The Hall–Kier alpha value is -1.59. The lowest BCUT2D eigenvalue weighted by Gasteiger charge is -2.27. The Bertz CT molecular complexity index is 642. The Morgan fingerprint density at radius 1 is 1.20 bits per heavy atom. The van der Waals surface area contributed by atoms with Crippen LogP contribution in [-0.2, 0) is 9.59 Å². The molecule has 5 nitrogen and oxygen atoms in total. The van der Waals surface area contributed by atoms with Crippen molar-refractivity contribution < 1.29 is 9.59 Å². The van der Waals surface area contributed by atoms with Crippen molar-refractivity contribution >= 4 is 29.9 Å². The van der Waals surface area contributed by atoms with Crippen LogP contribution in [0, 0.1) is 19.8 Å². The van der Waals surface area contributed by atoms with Crippen molar-refractivity contribution in [2.45, 2.75) is 58.0 Å². The van der Waals surface area contributed by atoms with E-state index < -0.39 is 0 Å². The summed E-state index contributed by atoms with van der Waals surface area (Å²) in [4.78, 5) is 26.7. The first-order chi connectivity index (χ1) is 11.5. The van der Waals surface area contributed by atoms with E-state index in [4.69, 9.17) is 5.73 Å². The fraction of sp³-hybridized carbons (Fsp3) is 0.579. The van der Waals surface area contributed by atoms with E-state index in [0.29, 0.717) is 13.0 Å². The van der Waals surface area contributed by atoms with Crippen LogP contribution in [0.2, 0.25) is 0 Å². The van der Waals surface area contributed by atoms with Crippen LogP contribution in [-0.4, -0.2) is 30.4 Å². The molecule has 1 atom stereocenters. The third kappa shape index (κ3) is 4.33. The minimum Gasteiger partial charge on any atom is -0.353 e. The maximum absolute atomic E-state index is 12.5. The number of nitrogens with two attached hydrogens (primary N) is 1. The van der Waals surface area contributed by atoms with Crippen LogP contribution >= 0.6 is 12.4 Å². The Morgan fingerprint density at radius 3 is 2.56 bits per heavy atom. The molecule has 1 saturated carbocycles. The molecule has 2 amide bonds. The second kappa shape index (κ2) is 8.19. The van der Waals surface area contributed by atoms with Crippen molar-refractivity contribution in [3.63, 3.8) is 0 Å². The molecule has 0 aromatic heterocycles. The van der Waals surface area contributed by atoms with Gasteiger partial charge in [0.05, 0.1) is 5.92 Å². The van der Waals surface area contributed by atoms with Gasteiger partial charge in [0.2, 0.25) is 11.8 Å². The lowest BCUT2D eigenvalue weighted by molar-refractivity contribution is -0.127. The summed E-state index contributed by atoms with van der Waals surface area (Å²) < 4.78 is 0. The van der Waals surface area contributed by atoms with E-state index in [0.717, 1.165) is 42.5 Å². The zero-order valence-electron chi connectivity index (χ0n) is 15.0. The first-order valence-corrected chi connectivity index (χ1v) is 8.88. The average molecular weight is 366 g/mol. The van der Waals surface area contributed by atoms with Gasteiger partial charge in [-0.3, -0.25) is 9.59 Å². The van der Waals surface area contributed by atoms with E-state index in [1.807, 2.05) is 32.0 Å². The van der Waals surface area contributed by atoms with Crippen molar-refractivity contribution in [3.05, 3.63) is 29.3 Å². The summed E-state index contributed by atoms with van der Waals surface area (Å²) in [5.41, 5.74) is 9.11. The van der Waals surface area contributed by atoms with Crippen LogP contribution in [0.25, 0.3) is 0 Å². The fourth-order valence-electron chi connectivity index (χ4n) is 3.73. The number of benzene rings is 1. The van der Waals surface area contributed by atoms with Crippen molar-refractivity contribution in [2.75, 3.05) is 11.4 Å². The monoisotopic (exact) mass is 365 g/mol. The van der Waals surface area contributed by atoms with Crippen LogP contribution in [0.3, 0.4) is 0 Å². The lowest BCUT2D eigenvalue weighted by atomic mass is 9.91. The van der Waals surface area contributed by atoms with Gasteiger partial charge in [0.1, 0.15) is 0 Å². The molecule has 2 aliphatic rings. The third-order valence-corrected chi connectivity index (χ3v) is 5.48. The number of carbonyl (C=O) groups is 2. The second-order valence-electron chi connectivity index (χ2n) is 7.24. The van der Waals surface area contributed by atoms with Crippen LogP contribution in [0.1, 0.15) is 43.2 Å². The number of hydrogen-bond donors (Lipinski definition) is 2. The highest BCUT2D eigenvalue weighted by atomic mass is 35.5. The van der Waals surface area contributed by atoms with E-state index >= 15 is 0 Å². The molecule has 25 heavy (non-hydrogen) atoms. The maximum Gasteiger partial charge on any atom is 0.227 e. The van der Waals surface area contributed by atoms with Gasteiger partial charge in [-0.25, -0.2) is 0 Å². The zero-order valence-corrected chi connectivity index (χ0v) is 15.8. The molecule has 1 aliphatic carbocycles. The molecule has 0 bridgehead atoms. The summed E-state index contributed by atoms with van der Waals surface area (Å²) in [5, 5.41) is 3.13. The molecule has 0 radical (unpaired) electrons. The van der Waals surface area contributed by atoms with Gasteiger partial charge in [-0.15, -0.1) is 12.4 Å².